The number of hydrogen-bond acceptors (Lipinski definition) is 2. The zero-order valence-corrected chi connectivity index (χ0v) is 8.60. The lowest BCUT2D eigenvalue weighted by Gasteiger charge is -2.23. The molecule has 0 radical (unpaired) electrons. The van der Waals surface area contributed by atoms with Crippen molar-refractivity contribution in [1.82, 2.24) is 10.6 Å². The lowest BCUT2D eigenvalue weighted by atomic mass is 10.0. The van der Waals surface area contributed by atoms with Gasteiger partial charge in [0.05, 0.1) is 0 Å². The van der Waals surface area contributed by atoms with Gasteiger partial charge in [-0.2, -0.15) is 0 Å². The molecule has 0 spiro atoms. The maximum Gasteiger partial charge on any atom is 0.222 e. The van der Waals surface area contributed by atoms with Gasteiger partial charge in [-0.05, 0) is 19.4 Å². The fraction of sp³-hybridized carbons (Fsp3) is 0.900. The van der Waals surface area contributed by atoms with E-state index in [1.807, 2.05) is 13.8 Å². The topological polar surface area (TPSA) is 41.1 Å². The largest absolute Gasteiger partial charge is 0.354 e. The van der Waals surface area contributed by atoms with Crippen LogP contribution in [0, 0.1) is 5.92 Å². The third kappa shape index (κ3) is 3.77. The average Bonchev–Trinajstić information content (AvgIpc) is 2.15. The van der Waals surface area contributed by atoms with Gasteiger partial charge in [-0.3, -0.25) is 4.79 Å². The summed E-state index contributed by atoms with van der Waals surface area (Å²) in [5.41, 5.74) is 0. The van der Waals surface area contributed by atoms with E-state index in [2.05, 4.69) is 10.6 Å². The van der Waals surface area contributed by atoms with E-state index in [4.69, 9.17) is 0 Å². The molecular weight excluding hydrogens is 164 g/mol. The van der Waals surface area contributed by atoms with Crippen LogP contribution in [-0.2, 0) is 4.79 Å². The number of rotatable bonds is 3. The van der Waals surface area contributed by atoms with Gasteiger partial charge in [-0.15, -0.1) is 0 Å². The van der Waals surface area contributed by atoms with E-state index in [0.717, 1.165) is 13.1 Å². The van der Waals surface area contributed by atoms with Crippen molar-refractivity contribution in [1.29, 1.82) is 0 Å². The van der Waals surface area contributed by atoms with E-state index in [1.54, 1.807) is 0 Å². The molecule has 0 aromatic rings. The Balaban J connectivity index is 2.13. The molecule has 76 valence electrons. The summed E-state index contributed by atoms with van der Waals surface area (Å²) >= 11 is 0. The van der Waals surface area contributed by atoms with Crippen LogP contribution in [0.4, 0.5) is 0 Å². The second-order valence-corrected chi connectivity index (χ2v) is 4.05. The van der Waals surface area contributed by atoms with Crippen LogP contribution in [-0.4, -0.2) is 25.0 Å². The van der Waals surface area contributed by atoms with Crippen LogP contribution in [0.1, 0.15) is 33.1 Å². The third-order valence-corrected chi connectivity index (χ3v) is 2.46. The van der Waals surface area contributed by atoms with Gasteiger partial charge >= 0.3 is 0 Å². The zero-order chi connectivity index (χ0) is 9.68. The summed E-state index contributed by atoms with van der Waals surface area (Å²) in [5.74, 6) is 0.260. The van der Waals surface area contributed by atoms with E-state index in [0.29, 0.717) is 6.04 Å². The molecule has 13 heavy (non-hydrogen) atoms. The summed E-state index contributed by atoms with van der Waals surface area (Å²) in [4.78, 5) is 11.2. The Morgan fingerprint density at radius 2 is 2.31 bits per heavy atom. The highest BCUT2D eigenvalue weighted by molar-refractivity contribution is 5.77. The lowest BCUT2D eigenvalue weighted by molar-refractivity contribution is -0.124. The Morgan fingerprint density at radius 3 is 2.85 bits per heavy atom. The standard InChI is InChI=1S/C10H20N2O/c1-8(2)10(13)12-7-9-5-3-4-6-11-9/h8-9,11H,3-7H2,1-2H3,(H,12,13)/t9-/m1/s1. The molecule has 0 unspecified atom stereocenters. The molecule has 1 fully saturated rings. The lowest BCUT2D eigenvalue weighted by Crippen LogP contribution is -2.44. The molecule has 3 heteroatoms. The molecule has 0 saturated carbocycles. The molecular formula is C10H20N2O. The normalized spacial score (nSPS) is 23.2. The highest BCUT2D eigenvalue weighted by Gasteiger charge is 2.14. The van der Waals surface area contributed by atoms with Gasteiger partial charge in [-0.1, -0.05) is 20.3 Å². The van der Waals surface area contributed by atoms with E-state index >= 15 is 0 Å². The molecule has 0 aromatic carbocycles. The minimum absolute atomic E-state index is 0.101. The highest BCUT2D eigenvalue weighted by atomic mass is 16.1. The van der Waals surface area contributed by atoms with E-state index < -0.39 is 0 Å². The molecule has 1 atom stereocenters. The van der Waals surface area contributed by atoms with Crippen molar-refractivity contribution in [3.8, 4) is 0 Å². The first-order valence-electron chi connectivity index (χ1n) is 5.21. The van der Waals surface area contributed by atoms with Crippen LogP contribution < -0.4 is 10.6 Å². The van der Waals surface area contributed by atoms with Crippen molar-refractivity contribution >= 4 is 5.91 Å². The summed E-state index contributed by atoms with van der Waals surface area (Å²) < 4.78 is 0. The van der Waals surface area contributed by atoms with Crippen molar-refractivity contribution in [2.45, 2.75) is 39.2 Å². The minimum Gasteiger partial charge on any atom is -0.354 e. The van der Waals surface area contributed by atoms with Crippen LogP contribution in [0.3, 0.4) is 0 Å². The number of nitrogens with one attached hydrogen (secondary N) is 2. The summed E-state index contributed by atoms with van der Waals surface area (Å²) in [5, 5.41) is 6.35. The van der Waals surface area contributed by atoms with Crippen LogP contribution in [0.15, 0.2) is 0 Å². The molecule has 1 aliphatic heterocycles. The highest BCUT2D eigenvalue weighted by Crippen LogP contribution is 2.05. The Hall–Kier alpha value is -0.570. The second kappa shape index (κ2) is 5.22. The molecule has 1 rings (SSSR count). The molecule has 1 amide bonds. The van der Waals surface area contributed by atoms with Crippen molar-refractivity contribution in [2.24, 2.45) is 5.92 Å². The molecule has 1 saturated heterocycles. The van der Waals surface area contributed by atoms with Gasteiger partial charge < -0.3 is 10.6 Å². The van der Waals surface area contributed by atoms with Gasteiger partial charge in [0.25, 0.3) is 0 Å². The monoisotopic (exact) mass is 184 g/mol. The number of carbonyl (C=O) groups excluding carboxylic acids is 1. The number of piperidine rings is 1. The first-order chi connectivity index (χ1) is 6.20. The summed E-state index contributed by atoms with van der Waals surface area (Å²) in [6.45, 7) is 5.73. The SMILES string of the molecule is CC(C)C(=O)NC[C@H]1CCCCN1. The van der Waals surface area contributed by atoms with Crippen molar-refractivity contribution in [3.63, 3.8) is 0 Å². The molecule has 0 bridgehead atoms. The van der Waals surface area contributed by atoms with E-state index in [9.17, 15) is 4.79 Å². The first-order valence-corrected chi connectivity index (χ1v) is 5.21. The van der Waals surface area contributed by atoms with Gasteiger partial charge in [0.1, 0.15) is 0 Å². The van der Waals surface area contributed by atoms with Gasteiger partial charge in [0.15, 0.2) is 0 Å². The molecule has 0 aromatic heterocycles. The Morgan fingerprint density at radius 1 is 1.54 bits per heavy atom. The first kappa shape index (κ1) is 10.5. The third-order valence-electron chi connectivity index (χ3n) is 2.46. The number of amides is 1. The minimum atomic E-state index is 0.101. The van der Waals surface area contributed by atoms with E-state index in [1.165, 1.54) is 19.3 Å². The van der Waals surface area contributed by atoms with Crippen molar-refractivity contribution < 1.29 is 4.79 Å². The van der Waals surface area contributed by atoms with Crippen LogP contribution in [0.25, 0.3) is 0 Å². The number of carbonyl (C=O) groups is 1. The van der Waals surface area contributed by atoms with Gasteiger partial charge in [0.2, 0.25) is 5.91 Å². The van der Waals surface area contributed by atoms with Crippen molar-refractivity contribution in [3.05, 3.63) is 0 Å². The summed E-state index contributed by atoms with van der Waals surface area (Å²) in [7, 11) is 0. The smallest absolute Gasteiger partial charge is 0.222 e. The average molecular weight is 184 g/mol. The maximum absolute atomic E-state index is 11.2. The fourth-order valence-electron chi connectivity index (χ4n) is 1.53. The predicted octanol–water partition coefficient (Wildman–Crippen LogP) is 0.901. The van der Waals surface area contributed by atoms with Crippen molar-refractivity contribution in [2.75, 3.05) is 13.1 Å². The predicted molar refractivity (Wildman–Crippen MR) is 53.5 cm³/mol. The van der Waals surface area contributed by atoms with Gasteiger partial charge in [-0.25, -0.2) is 0 Å². The van der Waals surface area contributed by atoms with Crippen LogP contribution in [0.2, 0.25) is 0 Å². The molecule has 0 aliphatic carbocycles. The molecule has 3 nitrogen and oxygen atoms in total. The summed E-state index contributed by atoms with van der Waals surface area (Å²) in [6.07, 6.45) is 3.75. The zero-order valence-electron chi connectivity index (χ0n) is 8.60. The van der Waals surface area contributed by atoms with E-state index in [-0.39, 0.29) is 11.8 Å². The number of hydrogen-bond donors (Lipinski definition) is 2. The van der Waals surface area contributed by atoms with Crippen LogP contribution in [0.5, 0.6) is 0 Å². The Bertz CT molecular complexity index is 162. The van der Waals surface area contributed by atoms with Gasteiger partial charge in [0, 0.05) is 18.5 Å². The molecule has 1 aliphatic rings. The van der Waals surface area contributed by atoms with Crippen LogP contribution >= 0.6 is 0 Å². The Kier molecular flexibility index (Phi) is 4.22. The summed E-state index contributed by atoms with van der Waals surface area (Å²) in [6, 6.07) is 0.497. The Labute approximate surface area is 80.3 Å². The fourth-order valence-corrected chi connectivity index (χ4v) is 1.53. The molecule has 2 N–H and O–H groups in total. The second-order valence-electron chi connectivity index (χ2n) is 4.05. The molecule has 1 heterocycles. The quantitative estimate of drug-likeness (QED) is 0.684. The maximum atomic E-state index is 11.2.